The van der Waals surface area contributed by atoms with Crippen LogP contribution in [0.3, 0.4) is 0 Å². The highest BCUT2D eigenvalue weighted by atomic mass is 127. The third kappa shape index (κ3) is 4.42. The van der Waals surface area contributed by atoms with E-state index in [4.69, 9.17) is 0 Å². The van der Waals surface area contributed by atoms with E-state index >= 15 is 0 Å². The zero-order valence-electron chi connectivity index (χ0n) is 9.17. The van der Waals surface area contributed by atoms with Gasteiger partial charge in [0.15, 0.2) is 5.96 Å². The Balaban J connectivity index is 0.00000144. The smallest absolute Gasteiger partial charge is 0.191 e. The number of nitrogens with one attached hydrogen (secondary N) is 2. The first-order chi connectivity index (χ1) is 7.75. The fourth-order valence-electron chi connectivity index (χ4n) is 1.51. The summed E-state index contributed by atoms with van der Waals surface area (Å²) in [5.41, 5.74) is 0.884. The van der Waals surface area contributed by atoms with Crippen LogP contribution in [0.25, 0.3) is 0 Å². The third-order valence-corrected chi connectivity index (χ3v) is 3.12. The zero-order chi connectivity index (χ0) is 11.4. The maximum Gasteiger partial charge on any atom is 0.191 e. The van der Waals surface area contributed by atoms with Crippen molar-refractivity contribution in [2.45, 2.75) is 13.0 Å². The molecule has 2 N–H and O–H groups in total. The molecule has 6 heteroatoms. The molecule has 0 amide bonds. The van der Waals surface area contributed by atoms with Crippen LogP contribution < -0.4 is 10.6 Å². The van der Waals surface area contributed by atoms with E-state index in [0.29, 0.717) is 6.54 Å². The van der Waals surface area contributed by atoms with Gasteiger partial charge in [-0.3, -0.25) is 4.99 Å². The van der Waals surface area contributed by atoms with Gasteiger partial charge in [-0.1, -0.05) is 15.9 Å². The molecule has 1 aliphatic rings. The Labute approximate surface area is 125 Å². The van der Waals surface area contributed by atoms with Crippen molar-refractivity contribution in [2.24, 2.45) is 4.99 Å². The number of benzene rings is 1. The average molecular weight is 414 g/mol. The van der Waals surface area contributed by atoms with E-state index in [-0.39, 0.29) is 29.8 Å². The maximum absolute atomic E-state index is 13.0. The van der Waals surface area contributed by atoms with Gasteiger partial charge >= 0.3 is 0 Å². The van der Waals surface area contributed by atoms with E-state index in [2.05, 4.69) is 31.6 Å². The number of hydrogen-bond donors (Lipinski definition) is 2. The van der Waals surface area contributed by atoms with Gasteiger partial charge in [0.1, 0.15) is 5.82 Å². The summed E-state index contributed by atoms with van der Waals surface area (Å²) in [6, 6.07) is 4.66. The van der Waals surface area contributed by atoms with Gasteiger partial charge in [0.2, 0.25) is 0 Å². The molecule has 3 nitrogen and oxygen atoms in total. The van der Waals surface area contributed by atoms with E-state index in [1.165, 1.54) is 12.1 Å². The Morgan fingerprint density at radius 2 is 2.29 bits per heavy atom. The number of guanidine groups is 1. The molecule has 0 fully saturated rings. The normalized spacial score (nSPS) is 14.4. The fraction of sp³-hybridized carbons (Fsp3) is 0.364. The molecule has 0 unspecified atom stereocenters. The summed E-state index contributed by atoms with van der Waals surface area (Å²) in [7, 11) is 0. The lowest BCUT2D eigenvalue weighted by Gasteiger charge is -2.16. The predicted octanol–water partition coefficient (Wildman–Crippen LogP) is 2.65. The highest BCUT2D eigenvalue weighted by Gasteiger charge is 2.05. The zero-order valence-corrected chi connectivity index (χ0v) is 13.1. The van der Waals surface area contributed by atoms with Crippen LogP contribution in [0.5, 0.6) is 0 Å². The van der Waals surface area contributed by atoms with Crippen molar-refractivity contribution >= 4 is 45.9 Å². The summed E-state index contributed by atoms with van der Waals surface area (Å²) in [6.07, 6.45) is 1.06. The Kier molecular flexibility index (Phi) is 6.18. The van der Waals surface area contributed by atoms with Crippen LogP contribution in [0.4, 0.5) is 4.39 Å². The quantitative estimate of drug-likeness (QED) is 0.731. The van der Waals surface area contributed by atoms with E-state index in [9.17, 15) is 4.39 Å². The SMILES string of the molecule is Fc1ccc(Br)c(CNC2=NCCCN2)c1.I. The lowest BCUT2D eigenvalue weighted by Crippen LogP contribution is -2.40. The molecule has 1 aromatic rings. The largest absolute Gasteiger partial charge is 0.356 e. The standard InChI is InChI=1S/C11H13BrFN3.HI/c12-10-3-2-9(13)6-8(10)7-16-11-14-4-1-5-15-11;/h2-3,6H,1,4-5,7H2,(H2,14,15,16);1H. The number of rotatable bonds is 2. The number of nitrogens with zero attached hydrogens (tertiary/aromatic N) is 1. The first-order valence-corrected chi connectivity index (χ1v) is 6.01. The number of halogens is 3. The molecular weight excluding hydrogens is 400 g/mol. The van der Waals surface area contributed by atoms with E-state index in [1.54, 1.807) is 6.07 Å². The minimum absolute atomic E-state index is 0. The van der Waals surface area contributed by atoms with Crippen LogP contribution in [0, 0.1) is 5.82 Å². The summed E-state index contributed by atoms with van der Waals surface area (Å²) in [4.78, 5) is 4.28. The molecule has 0 bridgehead atoms. The van der Waals surface area contributed by atoms with Gasteiger partial charge in [-0.2, -0.15) is 0 Å². The molecule has 0 spiro atoms. The van der Waals surface area contributed by atoms with Gasteiger partial charge < -0.3 is 10.6 Å². The van der Waals surface area contributed by atoms with Crippen LogP contribution in [-0.4, -0.2) is 19.0 Å². The second kappa shape index (κ2) is 7.15. The Morgan fingerprint density at radius 1 is 1.47 bits per heavy atom. The summed E-state index contributed by atoms with van der Waals surface area (Å²) in [5.74, 6) is 0.570. The van der Waals surface area contributed by atoms with Gasteiger partial charge in [0.25, 0.3) is 0 Å². The minimum atomic E-state index is -0.224. The first kappa shape index (κ1) is 14.7. The Morgan fingerprint density at radius 3 is 3.00 bits per heavy atom. The third-order valence-electron chi connectivity index (χ3n) is 2.35. The van der Waals surface area contributed by atoms with Gasteiger partial charge in [0.05, 0.1) is 0 Å². The summed E-state index contributed by atoms with van der Waals surface area (Å²) < 4.78 is 13.9. The predicted molar refractivity (Wildman–Crippen MR) is 81.3 cm³/mol. The average Bonchev–Trinajstić information content (AvgIpc) is 2.32. The van der Waals surface area contributed by atoms with Crippen molar-refractivity contribution in [3.63, 3.8) is 0 Å². The van der Waals surface area contributed by atoms with Gasteiger partial charge in [-0.15, -0.1) is 24.0 Å². The van der Waals surface area contributed by atoms with Crippen molar-refractivity contribution in [1.82, 2.24) is 10.6 Å². The summed E-state index contributed by atoms with van der Waals surface area (Å²) in [6.45, 7) is 2.35. The highest BCUT2D eigenvalue weighted by Crippen LogP contribution is 2.17. The monoisotopic (exact) mass is 413 g/mol. The lowest BCUT2D eigenvalue weighted by atomic mass is 10.2. The van der Waals surface area contributed by atoms with Crippen LogP contribution in [0.15, 0.2) is 27.7 Å². The van der Waals surface area contributed by atoms with E-state index < -0.39 is 0 Å². The van der Waals surface area contributed by atoms with Crippen molar-refractivity contribution in [1.29, 1.82) is 0 Å². The molecule has 0 aromatic heterocycles. The summed E-state index contributed by atoms with van der Waals surface area (Å²) >= 11 is 3.39. The van der Waals surface area contributed by atoms with E-state index in [1.807, 2.05) is 0 Å². The summed E-state index contributed by atoms with van der Waals surface area (Å²) in [5, 5.41) is 6.30. The molecular formula is C11H14BrFIN3. The van der Waals surface area contributed by atoms with Crippen molar-refractivity contribution in [3.8, 4) is 0 Å². The van der Waals surface area contributed by atoms with Crippen LogP contribution in [0.2, 0.25) is 0 Å². The lowest BCUT2D eigenvalue weighted by molar-refractivity contribution is 0.623. The molecule has 94 valence electrons. The molecule has 0 saturated carbocycles. The molecule has 17 heavy (non-hydrogen) atoms. The van der Waals surface area contributed by atoms with E-state index in [0.717, 1.165) is 35.5 Å². The molecule has 1 heterocycles. The van der Waals surface area contributed by atoms with Gasteiger partial charge in [-0.25, -0.2) is 4.39 Å². The highest BCUT2D eigenvalue weighted by molar-refractivity contribution is 14.0. The van der Waals surface area contributed by atoms with Gasteiger partial charge in [-0.05, 0) is 30.2 Å². The second-order valence-electron chi connectivity index (χ2n) is 3.60. The minimum Gasteiger partial charge on any atom is -0.356 e. The first-order valence-electron chi connectivity index (χ1n) is 5.22. The van der Waals surface area contributed by atoms with Gasteiger partial charge in [0, 0.05) is 24.1 Å². The molecule has 1 aliphatic heterocycles. The number of hydrogen-bond acceptors (Lipinski definition) is 3. The molecule has 0 radical (unpaired) electrons. The Bertz CT molecular complexity index is 412. The second-order valence-corrected chi connectivity index (χ2v) is 4.45. The van der Waals surface area contributed by atoms with Crippen molar-refractivity contribution in [2.75, 3.05) is 13.1 Å². The fourth-order valence-corrected chi connectivity index (χ4v) is 1.90. The van der Waals surface area contributed by atoms with Crippen LogP contribution in [-0.2, 0) is 6.54 Å². The topological polar surface area (TPSA) is 36.4 Å². The van der Waals surface area contributed by atoms with Crippen molar-refractivity contribution in [3.05, 3.63) is 34.1 Å². The maximum atomic E-state index is 13.0. The molecule has 1 aromatic carbocycles. The molecule has 2 rings (SSSR count). The van der Waals surface area contributed by atoms with Crippen LogP contribution >= 0.6 is 39.9 Å². The molecule has 0 atom stereocenters. The van der Waals surface area contributed by atoms with Crippen LogP contribution in [0.1, 0.15) is 12.0 Å². The molecule has 0 saturated heterocycles. The molecule has 0 aliphatic carbocycles. The number of aliphatic imine (C=N–C) groups is 1. The van der Waals surface area contributed by atoms with Crippen molar-refractivity contribution < 1.29 is 4.39 Å². The Hall–Kier alpha value is -0.370.